The van der Waals surface area contributed by atoms with Crippen molar-refractivity contribution in [2.24, 2.45) is 5.73 Å². The van der Waals surface area contributed by atoms with Gasteiger partial charge >= 0.3 is 6.18 Å². The molecule has 0 atom stereocenters. The topological polar surface area (TPSA) is 87.9 Å². The maximum absolute atomic E-state index is 12.1. The number of nitrogens with two attached hydrogens (primary N) is 1. The van der Waals surface area contributed by atoms with E-state index in [9.17, 15) is 22.8 Å². The first-order valence-corrected chi connectivity index (χ1v) is 9.89. The van der Waals surface area contributed by atoms with Gasteiger partial charge in [0.2, 0.25) is 5.91 Å². The molecule has 158 valence electrons. The quantitative estimate of drug-likeness (QED) is 0.561. The highest BCUT2D eigenvalue weighted by Crippen LogP contribution is 2.22. The Bertz CT molecular complexity index is 646. The Kier molecular flexibility index (Phi) is 8.67. The molecule has 0 spiro atoms. The zero-order chi connectivity index (χ0) is 20.6. The summed E-state index contributed by atoms with van der Waals surface area (Å²) in [5, 5.41) is 4.88. The molecule has 1 aliphatic heterocycles. The van der Waals surface area contributed by atoms with E-state index < -0.39 is 18.7 Å². The van der Waals surface area contributed by atoms with Gasteiger partial charge in [0.25, 0.3) is 5.91 Å². The summed E-state index contributed by atoms with van der Waals surface area (Å²) in [5.74, 6) is -0.745. The van der Waals surface area contributed by atoms with E-state index >= 15 is 0 Å². The molecule has 0 aromatic carbocycles. The Balaban J connectivity index is 1.58. The van der Waals surface area contributed by atoms with Gasteiger partial charge in [-0.2, -0.15) is 13.2 Å². The molecular weight excluding hydrogens is 397 g/mol. The Morgan fingerprint density at radius 1 is 1.18 bits per heavy atom. The minimum absolute atomic E-state index is 0.0932. The summed E-state index contributed by atoms with van der Waals surface area (Å²) in [7, 11) is 0. The number of anilines is 1. The van der Waals surface area contributed by atoms with Gasteiger partial charge in [0.1, 0.15) is 11.6 Å². The van der Waals surface area contributed by atoms with Crippen LogP contribution in [-0.4, -0.2) is 80.3 Å². The van der Waals surface area contributed by atoms with Gasteiger partial charge in [-0.05, 0) is 17.9 Å². The molecule has 1 saturated heterocycles. The average Bonchev–Trinajstić information content (AvgIpc) is 3.08. The zero-order valence-electron chi connectivity index (χ0n) is 15.5. The van der Waals surface area contributed by atoms with Crippen LogP contribution >= 0.6 is 11.3 Å². The van der Waals surface area contributed by atoms with Crippen molar-refractivity contribution in [1.82, 2.24) is 9.80 Å². The number of thiophene rings is 1. The highest BCUT2D eigenvalue weighted by Gasteiger charge is 2.27. The second-order valence-corrected chi connectivity index (χ2v) is 7.45. The lowest BCUT2D eigenvalue weighted by molar-refractivity contribution is -0.174. The first-order valence-electron chi connectivity index (χ1n) is 9.01. The fraction of sp³-hybridized carbons (Fsp3) is 0.647. The van der Waals surface area contributed by atoms with Crippen molar-refractivity contribution < 1.29 is 27.5 Å². The molecule has 1 aliphatic rings. The first-order chi connectivity index (χ1) is 13.2. The number of hydrogen-bond acceptors (Lipinski definition) is 6. The number of hydrogen-bond donors (Lipinski definition) is 2. The summed E-state index contributed by atoms with van der Waals surface area (Å²) < 4.78 is 40.6. The molecule has 2 amide bonds. The van der Waals surface area contributed by atoms with Crippen LogP contribution < -0.4 is 11.1 Å². The predicted molar refractivity (Wildman–Crippen MR) is 100 cm³/mol. The van der Waals surface area contributed by atoms with Crippen molar-refractivity contribution in [3.63, 3.8) is 0 Å². The van der Waals surface area contributed by atoms with Crippen molar-refractivity contribution in [3.8, 4) is 0 Å². The summed E-state index contributed by atoms with van der Waals surface area (Å²) in [6, 6.07) is 1.58. The van der Waals surface area contributed by atoms with Gasteiger partial charge in [-0.1, -0.05) is 0 Å². The van der Waals surface area contributed by atoms with Crippen LogP contribution in [0.25, 0.3) is 0 Å². The normalized spacial score (nSPS) is 16.2. The van der Waals surface area contributed by atoms with Crippen LogP contribution in [0.3, 0.4) is 0 Å². The number of primary amides is 1. The number of carbonyl (C=O) groups is 2. The number of halogens is 3. The van der Waals surface area contributed by atoms with Gasteiger partial charge < -0.3 is 25.6 Å². The van der Waals surface area contributed by atoms with Gasteiger partial charge in [0, 0.05) is 52.3 Å². The predicted octanol–water partition coefficient (Wildman–Crippen LogP) is 1.76. The van der Waals surface area contributed by atoms with Gasteiger partial charge in [-0.15, -0.1) is 11.3 Å². The number of nitrogens with one attached hydrogen (secondary N) is 1. The average molecular weight is 422 g/mol. The van der Waals surface area contributed by atoms with Crippen molar-refractivity contribution in [2.75, 3.05) is 57.8 Å². The molecule has 1 aromatic heterocycles. The fourth-order valence-electron chi connectivity index (χ4n) is 2.86. The standard InChI is InChI=1S/C17H25F3N4O3S/c18-17(19,20)12-27-10-1-4-23-6-8-24(9-7-23)5-2-14(25)22-16-13(15(21)26)3-11-28-16/h3,11H,1-2,4-10,12H2,(H2,21,26)(H,22,25). The first kappa shape index (κ1) is 22.6. The lowest BCUT2D eigenvalue weighted by atomic mass is 10.2. The second kappa shape index (κ2) is 10.7. The number of piperazine rings is 1. The highest BCUT2D eigenvalue weighted by molar-refractivity contribution is 7.14. The molecular formula is C17H25F3N4O3S. The van der Waals surface area contributed by atoms with Gasteiger partial charge in [-0.3, -0.25) is 9.59 Å². The van der Waals surface area contributed by atoms with Crippen molar-refractivity contribution in [3.05, 3.63) is 17.0 Å². The lowest BCUT2D eigenvalue weighted by Gasteiger charge is -2.34. The number of carbonyl (C=O) groups excluding carboxylic acids is 2. The monoisotopic (exact) mass is 422 g/mol. The van der Waals surface area contributed by atoms with Crippen molar-refractivity contribution in [1.29, 1.82) is 0 Å². The third kappa shape index (κ3) is 8.13. The van der Waals surface area contributed by atoms with Gasteiger partial charge in [0.15, 0.2) is 0 Å². The van der Waals surface area contributed by atoms with Crippen molar-refractivity contribution >= 4 is 28.2 Å². The van der Waals surface area contributed by atoms with Gasteiger partial charge in [-0.25, -0.2) is 0 Å². The Morgan fingerprint density at radius 3 is 2.43 bits per heavy atom. The molecule has 0 saturated carbocycles. The molecule has 28 heavy (non-hydrogen) atoms. The SMILES string of the molecule is NC(=O)c1ccsc1NC(=O)CCN1CCN(CCCOCC(F)(F)F)CC1. The van der Waals surface area contributed by atoms with E-state index in [4.69, 9.17) is 5.73 Å². The van der Waals surface area contributed by atoms with E-state index in [1.54, 1.807) is 11.4 Å². The fourth-order valence-corrected chi connectivity index (χ4v) is 3.67. The van der Waals surface area contributed by atoms with Gasteiger partial charge in [0.05, 0.1) is 5.56 Å². The van der Waals surface area contributed by atoms with Crippen LogP contribution in [0.2, 0.25) is 0 Å². The summed E-state index contributed by atoms with van der Waals surface area (Å²) in [6.07, 6.45) is -3.41. The van der Waals surface area contributed by atoms with E-state index in [0.29, 0.717) is 36.5 Å². The minimum atomic E-state index is -4.27. The number of rotatable bonds is 10. The number of amides is 2. The van der Waals surface area contributed by atoms with Crippen LogP contribution in [-0.2, 0) is 9.53 Å². The summed E-state index contributed by atoms with van der Waals surface area (Å²) in [4.78, 5) is 27.7. The molecule has 7 nitrogen and oxygen atoms in total. The molecule has 2 rings (SSSR count). The molecule has 0 unspecified atom stereocenters. The third-order valence-electron chi connectivity index (χ3n) is 4.33. The highest BCUT2D eigenvalue weighted by atomic mass is 32.1. The maximum atomic E-state index is 12.1. The van der Waals surface area contributed by atoms with E-state index in [-0.39, 0.29) is 12.5 Å². The second-order valence-electron chi connectivity index (χ2n) is 6.53. The Morgan fingerprint density at radius 2 is 1.82 bits per heavy atom. The van der Waals surface area contributed by atoms with Crippen LogP contribution in [0.15, 0.2) is 11.4 Å². The number of alkyl halides is 3. The third-order valence-corrected chi connectivity index (χ3v) is 5.16. The molecule has 0 radical (unpaired) electrons. The number of nitrogens with zero attached hydrogens (tertiary/aromatic N) is 2. The molecule has 3 N–H and O–H groups in total. The largest absolute Gasteiger partial charge is 0.411 e. The lowest BCUT2D eigenvalue weighted by Crippen LogP contribution is -2.47. The summed E-state index contributed by atoms with van der Waals surface area (Å²) >= 11 is 1.25. The smallest absolute Gasteiger partial charge is 0.372 e. The van der Waals surface area contributed by atoms with E-state index in [0.717, 1.165) is 26.2 Å². The Labute approximate surface area is 165 Å². The molecule has 1 fully saturated rings. The molecule has 0 bridgehead atoms. The molecule has 11 heteroatoms. The summed E-state index contributed by atoms with van der Waals surface area (Å²) in [6.45, 7) is 3.39. The van der Waals surface area contributed by atoms with Crippen molar-refractivity contribution in [2.45, 2.75) is 19.0 Å². The van der Waals surface area contributed by atoms with E-state index in [2.05, 4.69) is 19.9 Å². The van der Waals surface area contributed by atoms with E-state index in [1.807, 2.05) is 0 Å². The van der Waals surface area contributed by atoms with Crippen LogP contribution in [0, 0.1) is 0 Å². The Hall–Kier alpha value is -1.69. The maximum Gasteiger partial charge on any atom is 0.411 e. The number of ether oxygens (including phenoxy) is 1. The molecule has 0 aliphatic carbocycles. The zero-order valence-corrected chi connectivity index (χ0v) is 16.3. The van der Waals surface area contributed by atoms with E-state index in [1.165, 1.54) is 11.3 Å². The molecule has 1 aromatic rings. The van der Waals surface area contributed by atoms with Crippen LogP contribution in [0.5, 0.6) is 0 Å². The summed E-state index contributed by atoms with van der Waals surface area (Å²) in [5.41, 5.74) is 5.57. The van der Waals surface area contributed by atoms with Crippen LogP contribution in [0.1, 0.15) is 23.2 Å². The minimum Gasteiger partial charge on any atom is -0.372 e. The molecule has 2 heterocycles. The van der Waals surface area contributed by atoms with Crippen LogP contribution in [0.4, 0.5) is 18.2 Å².